The van der Waals surface area contributed by atoms with Gasteiger partial charge >= 0.3 is 0 Å². The highest BCUT2D eigenvalue weighted by Gasteiger charge is 2.51. The molecule has 144 valence electrons. The van der Waals surface area contributed by atoms with Crippen molar-refractivity contribution in [1.82, 2.24) is 21.5 Å². The monoisotopic (exact) mass is 356 g/mol. The zero-order valence-corrected chi connectivity index (χ0v) is 15.8. The Morgan fingerprint density at radius 2 is 1.64 bits per heavy atom. The smallest absolute Gasteiger partial charge is 0.266 e. The van der Waals surface area contributed by atoms with Crippen LogP contribution in [0.2, 0.25) is 0 Å². The summed E-state index contributed by atoms with van der Waals surface area (Å²) in [6, 6.07) is -0.624. The third-order valence-electron chi connectivity index (χ3n) is 3.76. The minimum absolute atomic E-state index is 0.197. The minimum atomic E-state index is -0.836. The molecule has 0 spiro atoms. The van der Waals surface area contributed by atoms with Gasteiger partial charge in [0.05, 0.1) is 0 Å². The largest absolute Gasteiger partial charge is 0.354 e. The number of carbonyl (C=O) groups is 3. The number of hydrogen-bond acceptors (Lipinski definition) is 5. The first-order chi connectivity index (χ1) is 11.8. The molecule has 1 aliphatic heterocycles. The summed E-state index contributed by atoms with van der Waals surface area (Å²) in [7, 11) is 0. The van der Waals surface area contributed by atoms with Crippen LogP contribution >= 0.6 is 0 Å². The van der Waals surface area contributed by atoms with Crippen molar-refractivity contribution >= 4 is 17.7 Å². The van der Waals surface area contributed by atoms with Crippen LogP contribution in [0.4, 0.5) is 0 Å². The maximum Gasteiger partial charge on any atom is 0.266 e. The summed E-state index contributed by atoms with van der Waals surface area (Å²) >= 11 is 0. The van der Waals surface area contributed by atoms with Gasteiger partial charge in [0.2, 0.25) is 5.91 Å². The van der Waals surface area contributed by atoms with Crippen molar-refractivity contribution in [2.45, 2.75) is 65.7 Å². The molecule has 4 N–H and O–H groups in total. The first-order valence-corrected chi connectivity index (χ1v) is 9.02. The number of carbonyl (C=O) groups excluding carboxylic acids is 3. The molecule has 0 aromatic carbocycles. The van der Waals surface area contributed by atoms with Crippen molar-refractivity contribution in [2.75, 3.05) is 13.1 Å². The van der Waals surface area contributed by atoms with Crippen LogP contribution < -0.4 is 21.5 Å². The summed E-state index contributed by atoms with van der Waals surface area (Å²) in [6.07, 6.45) is -0.230. The van der Waals surface area contributed by atoms with E-state index in [2.05, 4.69) is 35.3 Å². The van der Waals surface area contributed by atoms with Gasteiger partial charge in [-0.3, -0.25) is 19.8 Å². The number of amides is 3. The molecular weight excluding hydrogens is 324 g/mol. The van der Waals surface area contributed by atoms with Crippen molar-refractivity contribution in [3.8, 4) is 0 Å². The van der Waals surface area contributed by atoms with Gasteiger partial charge in [-0.2, -0.15) is 0 Å². The highest BCUT2D eigenvalue weighted by molar-refractivity contribution is 5.96. The predicted octanol–water partition coefficient (Wildman–Crippen LogP) is 0.0877. The van der Waals surface area contributed by atoms with Gasteiger partial charge in [0.15, 0.2) is 12.2 Å². The molecule has 1 heterocycles. The SMILES string of the molecule is CCNNC(=O)[C@H]1O[C@@H]1C(=O)N[C@@H](CC(C)C)C(=O)NCCC(C)C. The van der Waals surface area contributed by atoms with Crippen LogP contribution in [0.5, 0.6) is 0 Å². The Hall–Kier alpha value is -1.67. The standard InChI is InChI=1S/C17H32N4O4/c1-6-19-21-17(24)14-13(25-14)16(23)20-12(9-11(4)5)15(22)18-8-7-10(2)3/h10-14,19H,6-9H2,1-5H3,(H,18,22)(H,20,23)(H,21,24)/t12-,13-,14-/m0/s1. The minimum Gasteiger partial charge on any atom is -0.354 e. The fourth-order valence-corrected chi connectivity index (χ4v) is 2.32. The zero-order chi connectivity index (χ0) is 19.0. The molecule has 0 aromatic heterocycles. The molecule has 1 aliphatic rings. The molecule has 8 heteroatoms. The summed E-state index contributed by atoms with van der Waals surface area (Å²) < 4.78 is 5.14. The Labute approximate surface area is 149 Å². The van der Waals surface area contributed by atoms with E-state index in [0.29, 0.717) is 25.4 Å². The topological polar surface area (TPSA) is 112 Å². The Morgan fingerprint density at radius 3 is 2.20 bits per heavy atom. The van der Waals surface area contributed by atoms with Crippen LogP contribution in [-0.4, -0.2) is 49.1 Å². The van der Waals surface area contributed by atoms with Gasteiger partial charge in [-0.05, 0) is 24.7 Å². The second-order valence-electron chi connectivity index (χ2n) is 7.16. The van der Waals surface area contributed by atoms with Crippen molar-refractivity contribution < 1.29 is 19.1 Å². The van der Waals surface area contributed by atoms with E-state index in [9.17, 15) is 14.4 Å². The molecule has 1 fully saturated rings. The first kappa shape index (κ1) is 21.4. The van der Waals surface area contributed by atoms with Crippen LogP contribution in [0.15, 0.2) is 0 Å². The normalized spacial score (nSPS) is 20.3. The molecule has 3 amide bonds. The van der Waals surface area contributed by atoms with Gasteiger partial charge in [0, 0.05) is 13.1 Å². The van der Waals surface area contributed by atoms with Gasteiger partial charge in [-0.15, -0.1) is 0 Å². The number of hydrogen-bond donors (Lipinski definition) is 4. The summed E-state index contributed by atoms with van der Waals surface area (Å²) in [5.41, 5.74) is 5.12. The van der Waals surface area contributed by atoms with Gasteiger partial charge in [0.1, 0.15) is 6.04 Å². The molecule has 0 radical (unpaired) electrons. The number of nitrogens with one attached hydrogen (secondary N) is 4. The number of epoxide rings is 1. The fraction of sp³-hybridized carbons (Fsp3) is 0.824. The van der Waals surface area contributed by atoms with Crippen LogP contribution in [0.3, 0.4) is 0 Å². The average molecular weight is 356 g/mol. The lowest BCUT2D eigenvalue weighted by molar-refractivity contribution is -0.130. The number of ether oxygens (including phenoxy) is 1. The molecule has 1 saturated heterocycles. The van der Waals surface area contributed by atoms with Crippen molar-refractivity contribution in [1.29, 1.82) is 0 Å². The van der Waals surface area contributed by atoms with E-state index in [0.717, 1.165) is 6.42 Å². The third kappa shape index (κ3) is 7.83. The quantitative estimate of drug-likeness (QED) is 0.310. The molecule has 25 heavy (non-hydrogen) atoms. The third-order valence-corrected chi connectivity index (χ3v) is 3.76. The Balaban J connectivity index is 2.50. The summed E-state index contributed by atoms with van der Waals surface area (Å²) in [5.74, 6) is -0.273. The van der Waals surface area contributed by atoms with Gasteiger partial charge in [0.25, 0.3) is 11.8 Å². The Kier molecular flexibility index (Phi) is 8.85. The van der Waals surface area contributed by atoms with Crippen molar-refractivity contribution in [2.24, 2.45) is 11.8 Å². The lowest BCUT2D eigenvalue weighted by Crippen LogP contribution is -2.49. The second-order valence-corrected chi connectivity index (χ2v) is 7.16. The van der Waals surface area contributed by atoms with Gasteiger partial charge in [-0.25, -0.2) is 5.43 Å². The zero-order valence-electron chi connectivity index (χ0n) is 15.8. The summed E-state index contributed by atoms with van der Waals surface area (Å²) in [6.45, 7) is 11.1. The Bertz CT molecular complexity index is 468. The van der Waals surface area contributed by atoms with E-state index in [1.54, 1.807) is 0 Å². The summed E-state index contributed by atoms with van der Waals surface area (Å²) in [5, 5.41) is 5.58. The fourth-order valence-electron chi connectivity index (χ4n) is 2.32. The molecular formula is C17H32N4O4. The number of rotatable bonds is 11. The van der Waals surface area contributed by atoms with Gasteiger partial charge in [-0.1, -0.05) is 34.6 Å². The molecule has 1 rings (SSSR count). The van der Waals surface area contributed by atoms with Crippen molar-refractivity contribution in [3.05, 3.63) is 0 Å². The first-order valence-electron chi connectivity index (χ1n) is 9.02. The lowest BCUT2D eigenvalue weighted by Gasteiger charge is -2.20. The molecule has 0 bridgehead atoms. The van der Waals surface area contributed by atoms with E-state index in [1.165, 1.54) is 0 Å². The highest BCUT2D eigenvalue weighted by Crippen LogP contribution is 2.22. The predicted molar refractivity (Wildman–Crippen MR) is 94.3 cm³/mol. The van der Waals surface area contributed by atoms with Crippen LogP contribution in [0.25, 0.3) is 0 Å². The summed E-state index contributed by atoms with van der Waals surface area (Å²) in [4.78, 5) is 36.3. The maximum absolute atomic E-state index is 12.3. The molecule has 0 saturated carbocycles. The van der Waals surface area contributed by atoms with Gasteiger partial charge < -0.3 is 15.4 Å². The molecule has 8 nitrogen and oxygen atoms in total. The number of hydrazine groups is 1. The van der Waals surface area contributed by atoms with Crippen molar-refractivity contribution in [3.63, 3.8) is 0 Å². The van der Waals surface area contributed by atoms with Crippen LogP contribution in [0, 0.1) is 11.8 Å². The molecule has 0 unspecified atom stereocenters. The van der Waals surface area contributed by atoms with Crippen LogP contribution in [-0.2, 0) is 19.1 Å². The van der Waals surface area contributed by atoms with E-state index in [4.69, 9.17) is 4.74 Å². The van der Waals surface area contributed by atoms with E-state index in [1.807, 2.05) is 20.8 Å². The van der Waals surface area contributed by atoms with E-state index >= 15 is 0 Å². The van der Waals surface area contributed by atoms with E-state index < -0.39 is 24.2 Å². The molecule has 0 aromatic rings. The van der Waals surface area contributed by atoms with Crippen LogP contribution in [0.1, 0.15) is 47.5 Å². The Morgan fingerprint density at radius 1 is 1.00 bits per heavy atom. The molecule has 0 aliphatic carbocycles. The average Bonchev–Trinajstić information content (AvgIpc) is 3.31. The lowest BCUT2D eigenvalue weighted by atomic mass is 10.0. The maximum atomic E-state index is 12.3. The van der Waals surface area contributed by atoms with E-state index in [-0.39, 0.29) is 17.7 Å². The second kappa shape index (κ2) is 10.4. The highest BCUT2D eigenvalue weighted by atomic mass is 16.6. The molecule has 3 atom stereocenters.